The Hall–Kier alpha value is -3.24. The Morgan fingerprint density at radius 1 is 1.06 bits per heavy atom. The van der Waals surface area contributed by atoms with Crippen LogP contribution in [-0.2, 0) is 19.1 Å². The van der Waals surface area contributed by atoms with Crippen molar-refractivity contribution >= 4 is 17.3 Å². The second-order valence-electron chi connectivity index (χ2n) is 15.3. The number of benzene rings is 2. The molecule has 48 heavy (non-hydrogen) atoms. The summed E-state index contributed by atoms with van der Waals surface area (Å²) in [6, 6.07) is 16.5. The van der Waals surface area contributed by atoms with Gasteiger partial charge in [-0.15, -0.1) is 0 Å². The number of hydrogen-bond acceptors (Lipinski definition) is 7. The maximum Gasteiger partial charge on any atom is 0.193 e. The standard InChI is InChI=1S/C39H45F2NO6/c1-21(2)42-26-8-6-7-25(15-26)22(3)23-9-11-24(12-10-23)35-47-34-18-28-29-17-31(40)30-16-27(44)13-14-36(30,4)38(29,41)32(45)19-37(28,5)39(34,48-35)33(46)20-43/h6-16,21-22,28-29,31-32,34-35,42-43,45H,17-20H2,1-5H3/t22-,28+,29+,31+,32+,34-,35-,36+,37+,38+,39-/m1/s1. The summed E-state index contributed by atoms with van der Waals surface area (Å²) in [6.07, 6.45) is -1.37. The fraction of sp³-hybridized carbons (Fsp3) is 0.538. The third kappa shape index (κ3) is 4.50. The SMILES string of the molecule is CC(C)Nc1cccc([C@H](C)c2ccc([C@@H]3O[C@@H]4C[C@H]5[C@@H]6C[C@H](F)C7=CC(=O)C=C[C@]7(C)[C@@]6(F)[C@@H](O)C[C@]5(C)[C@]4(C(=O)CO)O3)cc2)c1. The molecule has 256 valence electrons. The predicted octanol–water partition coefficient (Wildman–Crippen LogP) is 6.30. The zero-order valence-corrected chi connectivity index (χ0v) is 28.1. The quantitative estimate of drug-likeness (QED) is 0.320. The lowest BCUT2D eigenvalue weighted by molar-refractivity contribution is -0.235. The number of anilines is 1. The van der Waals surface area contributed by atoms with Crippen molar-refractivity contribution < 1.29 is 38.1 Å². The molecule has 5 aliphatic rings. The van der Waals surface area contributed by atoms with Gasteiger partial charge in [0.2, 0.25) is 0 Å². The molecule has 0 amide bonds. The second-order valence-corrected chi connectivity index (χ2v) is 15.3. The van der Waals surface area contributed by atoms with Crippen molar-refractivity contribution in [2.45, 2.75) is 102 Å². The van der Waals surface area contributed by atoms with E-state index in [1.165, 1.54) is 12.2 Å². The van der Waals surface area contributed by atoms with Gasteiger partial charge >= 0.3 is 0 Å². The zero-order valence-electron chi connectivity index (χ0n) is 28.1. The maximum atomic E-state index is 17.6. The van der Waals surface area contributed by atoms with Crippen LogP contribution in [0.5, 0.6) is 0 Å². The average molecular weight is 662 g/mol. The number of nitrogens with one attached hydrogen (secondary N) is 1. The monoisotopic (exact) mass is 661 g/mol. The molecule has 0 spiro atoms. The number of carbonyl (C=O) groups is 2. The molecule has 7 nitrogen and oxygen atoms in total. The van der Waals surface area contributed by atoms with Crippen LogP contribution in [0.2, 0.25) is 0 Å². The number of alkyl halides is 2. The minimum absolute atomic E-state index is 0.0426. The van der Waals surface area contributed by atoms with Crippen molar-refractivity contribution in [1.82, 2.24) is 0 Å². The third-order valence-corrected chi connectivity index (χ3v) is 12.5. The minimum atomic E-state index is -2.29. The number of fused-ring (bicyclic) bond motifs is 7. The van der Waals surface area contributed by atoms with E-state index >= 15 is 8.78 Å². The molecule has 0 radical (unpaired) electrons. The van der Waals surface area contributed by atoms with Crippen LogP contribution in [0.15, 0.2) is 72.3 Å². The summed E-state index contributed by atoms with van der Waals surface area (Å²) in [5.41, 5.74) is -2.63. The highest BCUT2D eigenvalue weighted by Gasteiger charge is 2.80. The van der Waals surface area contributed by atoms with E-state index in [9.17, 15) is 19.8 Å². The molecule has 0 aromatic heterocycles. The van der Waals surface area contributed by atoms with Crippen molar-refractivity contribution in [3.8, 4) is 0 Å². The number of ketones is 2. The van der Waals surface area contributed by atoms with Gasteiger partial charge in [-0.25, -0.2) is 8.78 Å². The lowest BCUT2D eigenvalue weighted by atomic mass is 9.44. The van der Waals surface area contributed by atoms with E-state index in [0.717, 1.165) is 22.9 Å². The molecule has 3 saturated carbocycles. The van der Waals surface area contributed by atoms with Gasteiger partial charge in [-0.3, -0.25) is 9.59 Å². The Bertz CT molecular complexity index is 1690. The third-order valence-electron chi connectivity index (χ3n) is 12.5. The van der Waals surface area contributed by atoms with Gasteiger partial charge in [0.1, 0.15) is 12.8 Å². The van der Waals surface area contributed by atoms with Crippen LogP contribution in [0.1, 0.15) is 82.8 Å². The summed E-state index contributed by atoms with van der Waals surface area (Å²) in [4.78, 5) is 26.0. The topological polar surface area (TPSA) is 105 Å². The van der Waals surface area contributed by atoms with Crippen LogP contribution in [-0.4, -0.2) is 64.1 Å². The number of aliphatic hydroxyl groups excluding tert-OH is 2. The highest BCUT2D eigenvalue weighted by molar-refractivity contribution is 6.01. The van der Waals surface area contributed by atoms with Gasteiger partial charge in [0, 0.05) is 40.0 Å². The molecular weight excluding hydrogens is 616 g/mol. The fourth-order valence-corrected chi connectivity index (χ4v) is 10.1. The first kappa shape index (κ1) is 33.3. The summed E-state index contributed by atoms with van der Waals surface area (Å²) in [5.74, 6) is -2.49. The molecule has 9 heteroatoms. The van der Waals surface area contributed by atoms with Crippen LogP contribution in [0.3, 0.4) is 0 Å². The molecular formula is C39H45F2NO6. The van der Waals surface area contributed by atoms with E-state index in [1.807, 2.05) is 36.4 Å². The van der Waals surface area contributed by atoms with Crippen LogP contribution in [0, 0.1) is 22.7 Å². The zero-order chi connectivity index (χ0) is 34.4. The maximum absolute atomic E-state index is 17.6. The van der Waals surface area contributed by atoms with E-state index in [4.69, 9.17) is 9.47 Å². The lowest BCUT2D eigenvalue weighted by Crippen LogP contribution is -2.70. The van der Waals surface area contributed by atoms with E-state index in [-0.39, 0.29) is 30.8 Å². The molecule has 7 rings (SSSR count). The second kappa shape index (κ2) is 11.4. The highest BCUT2D eigenvalue weighted by atomic mass is 19.1. The van der Waals surface area contributed by atoms with Crippen molar-refractivity contribution in [2.24, 2.45) is 22.7 Å². The molecule has 2 aromatic rings. The average Bonchev–Trinajstić information content (AvgIpc) is 3.56. The molecule has 4 aliphatic carbocycles. The van der Waals surface area contributed by atoms with Crippen molar-refractivity contribution in [3.63, 3.8) is 0 Å². The largest absolute Gasteiger partial charge is 0.390 e. The number of ether oxygens (including phenoxy) is 2. The normalized spacial score (nSPS) is 40.5. The van der Waals surface area contributed by atoms with Gasteiger partial charge < -0.3 is 25.0 Å². The van der Waals surface area contributed by atoms with Gasteiger partial charge in [-0.2, -0.15) is 0 Å². The number of rotatable bonds is 7. The van der Waals surface area contributed by atoms with Crippen LogP contribution < -0.4 is 5.32 Å². The van der Waals surface area contributed by atoms with E-state index < -0.39 is 76.8 Å². The van der Waals surface area contributed by atoms with Crippen LogP contribution >= 0.6 is 0 Å². The number of aliphatic hydroxyl groups is 2. The number of Topliss-reactive ketones (excluding diaryl/α,β-unsaturated/α-hetero) is 1. The van der Waals surface area contributed by atoms with Gasteiger partial charge in [0.15, 0.2) is 29.1 Å². The first-order chi connectivity index (χ1) is 22.7. The Balaban J connectivity index is 1.18. The van der Waals surface area contributed by atoms with E-state index in [1.54, 1.807) is 13.8 Å². The Morgan fingerprint density at radius 2 is 1.79 bits per heavy atom. The molecule has 11 atom stereocenters. The molecule has 0 bridgehead atoms. The number of allylic oxidation sites excluding steroid dienone is 4. The summed E-state index contributed by atoms with van der Waals surface area (Å²) in [7, 11) is 0. The summed E-state index contributed by atoms with van der Waals surface area (Å²) in [5, 5.41) is 25.4. The number of halogens is 2. The molecule has 0 unspecified atom stereocenters. The number of carbonyl (C=O) groups excluding carboxylic acids is 2. The van der Waals surface area contributed by atoms with Crippen molar-refractivity contribution in [3.05, 3.63) is 89.0 Å². The van der Waals surface area contributed by atoms with Gasteiger partial charge in [-0.05, 0) is 86.9 Å². The molecule has 1 aliphatic heterocycles. The first-order valence-corrected chi connectivity index (χ1v) is 17.1. The minimum Gasteiger partial charge on any atom is -0.390 e. The number of hydrogen-bond donors (Lipinski definition) is 3. The lowest BCUT2D eigenvalue weighted by Gasteiger charge is -2.63. The molecule has 2 aromatic carbocycles. The van der Waals surface area contributed by atoms with Gasteiger partial charge in [-0.1, -0.05) is 56.3 Å². The Morgan fingerprint density at radius 3 is 2.48 bits per heavy atom. The first-order valence-electron chi connectivity index (χ1n) is 17.1. The van der Waals surface area contributed by atoms with Gasteiger partial charge in [0.05, 0.1) is 12.2 Å². The molecule has 1 heterocycles. The predicted molar refractivity (Wildman–Crippen MR) is 177 cm³/mol. The molecule has 3 N–H and O–H groups in total. The highest BCUT2D eigenvalue weighted by Crippen LogP contribution is 2.72. The van der Waals surface area contributed by atoms with Crippen LogP contribution in [0.4, 0.5) is 14.5 Å². The van der Waals surface area contributed by atoms with Crippen LogP contribution in [0.25, 0.3) is 0 Å². The molecule has 4 fully saturated rings. The smallest absolute Gasteiger partial charge is 0.193 e. The van der Waals surface area contributed by atoms with Gasteiger partial charge in [0.25, 0.3) is 0 Å². The summed E-state index contributed by atoms with van der Waals surface area (Å²) < 4.78 is 46.6. The molecule has 1 saturated heterocycles. The van der Waals surface area contributed by atoms with Crippen molar-refractivity contribution in [1.29, 1.82) is 0 Å². The summed E-state index contributed by atoms with van der Waals surface area (Å²) >= 11 is 0. The fourth-order valence-electron chi connectivity index (χ4n) is 10.1. The van der Waals surface area contributed by atoms with Crippen molar-refractivity contribution in [2.75, 3.05) is 11.9 Å². The summed E-state index contributed by atoms with van der Waals surface area (Å²) in [6.45, 7) is 8.84. The van der Waals surface area contributed by atoms with E-state index in [2.05, 4.69) is 38.2 Å². The Kier molecular flexibility index (Phi) is 7.90. The van der Waals surface area contributed by atoms with E-state index in [0.29, 0.717) is 11.6 Å². The Labute approximate surface area is 280 Å².